The molecule has 0 radical (unpaired) electrons. The van der Waals surface area contributed by atoms with Gasteiger partial charge in [0.2, 0.25) is 29.8 Å². The van der Waals surface area contributed by atoms with Gasteiger partial charge in [-0.1, -0.05) is 18.7 Å². The minimum atomic E-state index is -1.82. The number of ketones is 2. The average Bonchev–Trinajstić information content (AvgIpc) is 2.83. The highest BCUT2D eigenvalue weighted by Gasteiger charge is 2.36. The molecule has 4 amide bonds. The normalized spacial score (nSPS) is 21.9. The summed E-state index contributed by atoms with van der Waals surface area (Å²) >= 11 is 0. The molecule has 2 fully saturated rings. The molecule has 3 rings (SSSR count). The van der Waals surface area contributed by atoms with Crippen molar-refractivity contribution in [3.63, 3.8) is 0 Å². The van der Waals surface area contributed by atoms with E-state index in [4.69, 9.17) is 0 Å². The zero-order chi connectivity index (χ0) is 24.0. The molecule has 0 spiro atoms. The minimum Gasteiger partial charge on any atom is -0.362 e. The molecule has 1 aromatic rings. The second-order valence-electron chi connectivity index (χ2n) is 7.71. The molecular formula is C22H25N5O6. The number of carbonyl (C=O) groups excluding carboxylic acids is 6. The Hall–Kier alpha value is -4.02. The monoisotopic (exact) mass is 455 g/mol. The topological polar surface area (TPSA) is 154 Å². The standard InChI is InChI=1S/C22H25N5O6/c1-13-10-23-22(33)18(20(31)19(30)14-6-2-3-7-15(14)25-12-28)26-17(29)11-24-21(32)16-8-4-5-9-27(13)16/h2-3,6-7,12,16,18H,1,4-5,8-11H2,(H,23,33)(H,24,32)(H,25,28)(H,26,29). The van der Waals surface area contributed by atoms with Crippen LogP contribution in [0, 0.1) is 0 Å². The van der Waals surface area contributed by atoms with Crippen molar-refractivity contribution < 1.29 is 28.8 Å². The predicted octanol–water partition coefficient (Wildman–Crippen LogP) is -0.894. The van der Waals surface area contributed by atoms with Gasteiger partial charge in [-0.15, -0.1) is 0 Å². The number of anilines is 1. The Bertz CT molecular complexity index is 1010. The summed E-state index contributed by atoms with van der Waals surface area (Å²) in [6.45, 7) is 3.98. The van der Waals surface area contributed by atoms with Gasteiger partial charge in [0.05, 0.1) is 18.8 Å². The van der Waals surface area contributed by atoms with Gasteiger partial charge in [0.25, 0.3) is 5.91 Å². The number of piperidine rings is 1. The highest BCUT2D eigenvalue weighted by atomic mass is 16.2. The number of nitrogens with one attached hydrogen (secondary N) is 4. The van der Waals surface area contributed by atoms with Crippen LogP contribution >= 0.6 is 0 Å². The lowest BCUT2D eigenvalue weighted by molar-refractivity contribution is -0.135. The number of benzene rings is 1. The third-order valence-corrected chi connectivity index (χ3v) is 5.54. The summed E-state index contributed by atoms with van der Waals surface area (Å²) in [6, 6.07) is 3.46. The first kappa shape index (κ1) is 23.6. The highest BCUT2D eigenvalue weighted by Crippen LogP contribution is 2.21. The van der Waals surface area contributed by atoms with Gasteiger partial charge in [-0.25, -0.2) is 0 Å². The van der Waals surface area contributed by atoms with Crippen LogP contribution < -0.4 is 21.3 Å². The van der Waals surface area contributed by atoms with Crippen LogP contribution in [0.3, 0.4) is 0 Å². The van der Waals surface area contributed by atoms with Crippen molar-refractivity contribution in [3.8, 4) is 0 Å². The average molecular weight is 455 g/mol. The van der Waals surface area contributed by atoms with Crippen molar-refractivity contribution in [2.45, 2.75) is 31.3 Å². The summed E-state index contributed by atoms with van der Waals surface area (Å²) in [6.07, 6.45) is 2.63. The van der Waals surface area contributed by atoms with Gasteiger partial charge in [-0.05, 0) is 31.4 Å². The largest absolute Gasteiger partial charge is 0.362 e. The van der Waals surface area contributed by atoms with Crippen molar-refractivity contribution >= 4 is 41.4 Å². The number of rotatable bonds is 5. The van der Waals surface area contributed by atoms with Crippen molar-refractivity contribution in [3.05, 3.63) is 42.1 Å². The van der Waals surface area contributed by atoms with Crippen LogP contribution in [0.25, 0.3) is 0 Å². The number of hydrogen-bond donors (Lipinski definition) is 4. The van der Waals surface area contributed by atoms with E-state index >= 15 is 0 Å². The van der Waals surface area contributed by atoms with E-state index in [1.165, 1.54) is 18.2 Å². The number of fused-ring (bicyclic) bond motifs is 1. The van der Waals surface area contributed by atoms with Crippen LogP contribution in [0.1, 0.15) is 29.6 Å². The van der Waals surface area contributed by atoms with E-state index in [2.05, 4.69) is 27.8 Å². The van der Waals surface area contributed by atoms with E-state index in [9.17, 15) is 28.8 Å². The van der Waals surface area contributed by atoms with E-state index in [-0.39, 0.29) is 23.7 Å². The number of carbonyl (C=O) groups is 6. The molecule has 174 valence electrons. The van der Waals surface area contributed by atoms with E-state index < -0.39 is 42.0 Å². The molecule has 2 atom stereocenters. The summed E-state index contributed by atoms with van der Waals surface area (Å²) in [5, 5.41) is 9.59. The molecule has 0 aromatic heterocycles. The van der Waals surface area contributed by atoms with E-state index in [1.54, 1.807) is 11.0 Å². The SMILES string of the molecule is C=C1CNC(=O)C(C(=O)C(=O)c2ccccc2NC=O)NC(=O)CNC(=O)C2CCCCN12. The third kappa shape index (κ3) is 5.43. The lowest BCUT2D eigenvalue weighted by Gasteiger charge is -2.38. The summed E-state index contributed by atoms with van der Waals surface area (Å²) < 4.78 is 0. The third-order valence-electron chi connectivity index (χ3n) is 5.54. The molecule has 2 aliphatic heterocycles. The molecule has 11 heteroatoms. The van der Waals surface area contributed by atoms with Gasteiger partial charge in [0.1, 0.15) is 6.04 Å². The van der Waals surface area contributed by atoms with Crippen molar-refractivity contribution in [2.75, 3.05) is 25.0 Å². The Kier molecular flexibility index (Phi) is 7.54. The summed E-state index contributed by atoms with van der Waals surface area (Å²) in [5.41, 5.74) is 0.437. The van der Waals surface area contributed by atoms with Crippen LogP contribution in [0.15, 0.2) is 36.5 Å². The first-order valence-electron chi connectivity index (χ1n) is 10.5. The first-order valence-corrected chi connectivity index (χ1v) is 10.5. The maximum Gasteiger partial charge on any atom is 0.251 e. The zero-order valence-corrected chi connectivity index (χ0v) is 17.9. The Labute approximate surface area is 189 Å². The van der Waals surface area contributed by atoms with Gasteiger partial charge >= 0.3 is 0 Å². The number of Topliss-reactive ketones (excluding diaryl/α,β-unsaturated/α-hetero) is 2. The molecule has 0 aliphatic carbocycles. The second-order valence-corrected chi connectivity index (χ2v) is 7.71. The lowest BCUT2D eigenvalue weighted by Crippen LogP contribution is -2.58. The van der Waals surface area contributed by atoms with E-state index in [0.29, 0.717) is 25.1 Å². The maximum atomic E-state index is 12.9. The first-order chi connectivity index (χ1) is 15.8. The molecular weight excluding hydrogens is 430 g/mol. The van der Waals surface area contributed by atoms with E-state index in [1.807, 2.05) is 0 Å². The highest BCUT2D eigenvalue weighted by molar-refractivity contribution is 6.49. The maximum absolute atomic E-state index is 12.9. The molecule has 33 heavy (non-hydrogen) atoms. The smallest absolute Gasteiger partial charge is 0.251 e. The Morgan fingerprint density at radius 2 is 1.79 bits per heavy atom. The van der Waals surface area contributed by atoms with Crippen molar-refractivity contribution in [2.24, 2.45) is 0 Å². The predicted molar refractivity (Wildman–Crippen MR) is 117 cm³/mol. The summed E-state index contributed by atoms with van der Waals surface area (Å²) in [4.78, 5) is 76.2. The number of nitrogens with zero attached hydrogens (tertiary/aromatic N) is 1. The molecule has 2 heterocycles. The fourth-order valence-corrected chi connectivity index (χ4v) is 3.86. The number of para-hydroxylation sites is 1. The molecule has 11 nitrogen and oxygen atoms in total. The molecule has 1 aromatic carbocycles. The molecule has 0 saturated carbocycles. The molecule has 2 unspecified atom stereocenters. The lowest BCUT2D eigenvalue weighted by atomic mass is 9.99. The number of amides is 4. The van der Waals surface area contributed by atoms with Gasteiger partial charge in [-0.2, -0.15) is 0 Å². The van der Waals surface area contributed by atoms with Gasteiger partial charge in [0.15, 0.2) is 6.04 Å². The Morgan fingerprint density at radius 3 is 2.55 bits per heavy atom. The van der Waals surface area contributed by atoms with Crippen LogP contribution in [0.2, 0.25) is 0 Å². The molecule has 2 aliphatic rings. The van der Waals surface area contributed by atoms with Gasteiger partial charge in [0, 0.05) is 17.8 Å². The zero-order valence-electron chi connectivity index (χ0n) is 17.9. The van der Waals surface area contributed by atoms with Crippen LogP contribution in [0.4, 0.5) is 5.69 Å². The number of hydrogen-bond acceptors (Lipinski definition) is 7. The van der Waals surface area contributed by atoms with Crippen LogP contribution in [0.5, 0.6) is 0 Å². The van der Waals surface area contributed by atoms with E-state index in [0.717, 1.165) is 12.8 Å². The van der Waals surface area contributed by atoms with Crippen molar-refractivity contribution in [1.29, 1.82) is 0 Å². The quantitative estimate of drug-likeness (QED) is 0.194. The molecule has 0 bridgehead atoms. The van der Waals surface area contributed by atoms with Crippen molar-refractivity contribution in [1.82, 2.24) is 20.9 Å². The summed E-state index contributed by atoms with van der Waals surface area (Å²) in [7, 11) is 0. The fourth-order valence-electron chi connectivity index (χ4n) is 3.86. The molecule has 4 N–H and O–H groups in total. The Balaban J connectivity index is 1.84. The van der Waals surface area contributed by atoms with Gasteiger partial charge < -0.3 is 26.2 Å². The minimum absolute atomic E-state index is 0.0697. The summed E-state index contributed by atoms with van der Waals surface area (Å²) in [5.74, 6) is -4.29. The Morgan fingerprint density at radius 1 is 1.06 bits per heavy atom. The molecule has 2 saturated heterocycles. The fraction of sp³-hybridized carbons (Fsp3) is 0.364. The van der Waals surface area contributed by atoms with Gasteiger partial charge in [-0.3, -0.25) is 28.8 Å². The second kappa shape index (κ2) is 10.5. The van der Waals surface area contributed by atoms with Crippen LogP contribution in [-0.4, -0.2) is 72.3 Å². The van der Waals surface area contributed by atoms with Crippen LogP contribution in [-0.2, 0) is 24.0 Å².